The van der Waals surface area contributed by atoms with Crippen molar-refractivity contribution in [2.75, 3.05) is 32.0 Å². The number of hydrogen-bond acceptors (Lipinski definition) is 7. The number of methoxy groups -OCH3 is 3. The highest BCUT2D eigenvalue weighted by atomic mass is 79.9. The highest BCUT2D eigenvalue weighted by Crippen LogP contribution is 2.46. The van der Waals surface area contributed by atoms with Crippen molar-refractivity contribution in [1.29, 1.82) is 0 Å². The van der Waals surface area contributed by atoms with Gasteiger partial charge in [0.25, 0.3) is 0 Å². The van der Waals surface area contributed by atoms with Gasteiger partial charge in [-0.1, -0.05) is 19.1 Å². The Morgan fingerprint density at radius 3 is 2.47 bits per heavy atom. The summed E-state index contributed by atoms with van der Waals surface area (Å²) in [6, 6.07) is 11.0. The molecule has 0 aromatic heterocycles. The second-order valence-corrected chi connectivity index (χ2v) is 8.78. The zero-order valence-corrected chi connectivity index (χ0v) is 19.9. The molecule has 0 bridgehead atoms. The normalized spacial score (nSPS) is 22.0. The monoisotopic (exact) mass is 500 g/mol. The number of hydrogen-bond donors (Lipinski definition) is 2. The highest BCUT2D eigenvalue weighted by molar-refractivity contribution is 9.10. The van der Waals surface area contributed by atoms with Crippen molar-refractivity contribution in [3.63, 3.8) is 0 Å². The van der Waals surface area contributed by atoms with Crippen molar-refractivity contribution in [3.8, 4) is 11.5 Å². The maximum absolute atomic E-state index is 13.7. The Balaban J connectivity index is 1.91. The van der Waals surface area contributed by atoms with Gasteiger partial charge < -0.3 is 24.8 Å². The first kappa shape index (κ1) is 22.2. The third-order valence-electron chi connectivity index (χ3n) is 6.01. The minimum atomic E-state index is -0.852. The quantitative estimate of drug-likeness (QED) is 0.464. The molecular weight excluding hydrogens is 476 g/mol. The van der Waals surface area contributed by atoms with E-state index in [0.29, 0.717) is 28.0 Å². The minimum Gasteiger partial charge on any atom is -0.493 e. The van der Waals surface area contributed by atoms with E-state index < -0.39 is 17.9 Å². The van der Waals surface area contributed by atoms with Crippen LogP contribution in [0.1, 0.15) is 24.9 Å². The summed E-state index contributed by atoms with van der Waals surface area (Å²) in [6.07, 6.45) is 0.543. The van der Waals surface area contributed by atoms with Crippen LogP contribution < -0.4 is 20.1 Å². The number of nitrogens with one attached hydrogen (secondary N) is 2. The third-order valence-corrected chi connectivity index (χ3v) is 6.60. The Morgan fingerprint density at radius 1 is 1.09 bits per heavy atom. The molecule has 1 aliphatic heterocycles. The summed E-state index contributed by atoms with van der Waals surface area (Å²) in [4.78, 5) is 26.2. The van der Waals surface area contributed by atoms with Crippen LogP contribution in [0, 0.1) is 11.8 Å². The molecule has 2 N–H and O–H groups in total. The van der Waals surface area contributed by atoms with E-state index in [4.69, 9.17) is 14.2 Å². The summed E-state index contributed by atoms with van der Waals surface area (Å²) in [5.74, 6) is -0.697. The van der Waals surface area contributed by atoms with E-state index in [-0.39, 0.29) is 11.7 Å². The topological polar surface area (TPSA) is 85.9 Å². The van der Waals surface area contributed by atoms with Crippen LogP contribution >= 0.6 is 15.9 Å². The van der Waals surface area contributed by atoms with Gasteiger partial charge in [0, 0.05) is 11.3 Å². The molecule has 2 aromatic rings. The van der Waals surface area contributed by atoms with Crippen LogP contribution in [-0.2, 0) is 14.3 Å². The van der Waals surface area contributed by atoms with Gasteiger partial charge in [0.1, 0.15) is 5.92 Å². The molecule has 2 aliphatic rings. The lowest BCUT2D eigenvalue weighted by atomic mass is 9.75. The molecule has 3 atom stereocenters. The van der Waals surface area contributed by atoms with E-state index >= 15 is 0 Å². The molecule has 0 radical (unpaired) electrons. The number of rotatable bonds is 4. The molecule has 32 heavy (non-hydrogen) atoms. The first-order valence-corrected chi connectivity index (χ1v) is 11.1. The molecular formula is C24H25BrN2O5. The van der Waals surface area contributed by atoms with E-state index in [2.05, 4.69) is 26.6 Å². The Hall–Kier alpha value is -3.00. The van der Waals surface area contributed by atoms with E-state index in [1.165, 1.54) is 7.11 Å². The molecule has 1 heterocycles. The number of carbonyl (C=O) groups is 2. The molecule has 0 unspecified atom stereocenters. The van der Waals surface area contributed by atoms with Crippen LogP contribution in [0.3, 0.4) is 0 Å². The fourth-order valence-electron chi connectivity index (χ4n) is 4.49. The second-order valence-electron chi connectivity index (χ2n) is 7.92. The van der Waals surface area contributed by atoms with Gasteiger partial charge in [-0.2, -0.15) is 0 Å². The lowest BCUT2D eigenvalue weighted by Crippen LogP contribution is -2.39. The maximum Gasteiger partial charge on any atom is 0.316 e. The average Bonchev–Trinajstić information content (AvgIpc) is 2.94. The van der Waals surface area contributed by atoms with Crippen molar-refractivity contribution in [3.05, 3.63) is 57.7 Å². The van der Waals surface area contributed by atoms with Crippen molar-refractivity contribution >= 4 is 39.1 Å². The van der Waals surface area contributed by atoms with Crippen LogP contribution in [0.4, 0.5) is 11.4 Å². The van der Waals surface area contributed by atoms with E-state index in [1.807, 2.05) is 43.3 Å². The zero-order valence-electron chi connectivity index (χ0n) is 18.3. The lowest BCUT2D eigenvalue weighted by molar-refractivity contribution is -0.151. The Labute approximate surface area is 195 Å². The first-order chi connectivity index (χ1) is 15.4. The van der Waals surface area contributed by atoms with Gasteiger partial charge in [-0.3, -0.25) is 9.59 Å². The number of halogens is 1. The average molecular weight is 501 g/mol. The maximum atomic E-state index is 13.7. The summed E-state index contributed by atoms with van der Waals surface area (Å²) >= 11 is 3.55. The fourth-order valence-corrected chi connectivity index (χ4v) is 5.11. The highest BCUT2D eigenvalue weighted by Gasteiger charge is 2.44. The predicted octanol–water partition coefficient (Wildman–Crippen LogP) is 4.70. The number of ketones is 1. The number of carbonyl (C=O) groups excluding carboxylic acids is 2. The smallest absolute Gasteiger partial charge is 0.316 e. The SMILES string of the molecule is COC(=O)[C@H]1C(=O)C2=C(C[C@@H]1C)Nc1ccccc1N[C@H]2c1cc(Br)c(OC)c(OC)c1. The van der Waals surface area contributed by atoms with Crippen LogP contribution in [0.5, 0.6) is 11.5 Å². The molecule has 0 fully saturated rings. The summed E-state index contributed by atoms with van der Waals surface area (Å²) in [5.41, 5.74) is 3.85. The molecule has 4 rings (SSSR count). The van der Waals surface area contributed by atoms with Crippen molar-refractivity contribution in [2.45, 2.75) is 19.4 Å². The predicted molar refractivity (Wildman–Crippen MR) is 125 cm³/mol. The summed E-state index contributed by atoms with van der Waals surface area (Å²) in [7, 11) is 4.45. The van der Waals surface area contributed by atoms with Gasteiger partial charge in [-0.15, -0.1) is 0 Å². The summed E-state index contributed by atoms with van der Waals surface area (Å²) in [5, 5.41) is 6.94. The zero-order chi connectivity index (χ0) is 23.0. The van der Waals surface area contributed by atoms with Crippen LogP contribution in [0.2, 0.25) is 0 Å². The number of Topliss-reactive ketones (excluding diaryl/α,β-unsaturated/α-hetero) is 1. The Bertz CT molecular complexity index is 1110. The lowest BCUT2D eigenvalue weighted by Gasteiger charge is -2.32. The number of esters is 1. The number of para-hydroxylation sites is 2. The van der Waals surface area contributed by atoms with Gasteiger partial charge in [-0.05, 0) is 58.1 Å². The Kier molecular flexibility index (Phi) is 6.15. The van der Waals surface area contributed by atoms with Crippen molar-refractivity contribution in [2.24, 2.45) is 11.8 Å². The molecule has 0 amide bonds. The number of fused-ring (bicyclic) bond motifs is 1. The molecule has 0 saturated heterocycles. The molecule has 0 spiro atoms. The van der Waals surface area contributed by atoms with Crippen molar-refractivity contribution < 1.29 is 23.8 Å². The van der Waals surface area contributed by atoms with Gasteiger partial charge in [0.15, 0.2) is 17.3 Å². The first-order valence-electron chi connectivity index (χ1n) is 10.3. The summed E-state index contributed by atoms with van der Waals surface area (Å²) in [6.45, 7) is 1.90. The molecule has 8 heteroatoms. The van der Waals surface area contributed by atoms with Crippen LogP contribution in [0.25, 0.3) is 0 Å². The molecule has 0 saturated carbocycles. The van der Waals surface area contributed by atoms with Crippen LogP contribution in [0.15, 0.2) is 52.1 Å². The van der Waals surface area contributed by atoms with Gasteiger partial charge >= 0.3 is 5.97 Å². The third kappa shape index (κ3) is 3.72. The van der Waals surface area contributed by atoms with E-state index in [1.54, 1.807) is 14.2 Å². The van der Waals surface area contributed by atoms with Crippen LogP contribution in [-0.4, -0.2) is 33.1 Å². The number of anilines is 2. The van der Waals surface area contributed by atoms with Gasteiger partial charge in [0.2, 0.25) is 0 Å². The standard InChI is InChI=1S/C24H25BrN2O5/c1-12-9-17-20(22(28)19(12)24(29)32-4)21(27-16-8-6-5-7-15(16)26-17)13-10-14(25)23(31-3)18(11-13)30-2/h5-8,10-12,19,21,26-27H,9H2,1-4H3/t12-,19+,21-/m0/s1. The summed E-state index contributed by atoms with van der Waals surface area (Å²) < 4.78 is 16.6. The molecule has 2 aromatic carbocycles. The van der Waals surface area contributed by atoms with Gasteiger partial charge in [-0.25, -0.2) is 0 Å². The van der Waals surface area contributed by atoms with E-state index in [0.717, 1.165) is 22.6 Å². The second kappa shape index (κ2) is 8.86. The Morgan fingerprint density at radius 2 is 1.81 bits per heavy atom. The largest absolute Gasteiger partial charge is 0.493 e. The number of benzene rings is 2. The fraction of sp³-hybridized carbons (Fsp3) is 0.333. The van der Waals surface area contributed by atoms with Gasteiger partial charge in [0.05, 0.1) is 43.2 Å². The molecule has 1 aliphatic carbocycles. The molecule has 7 nitrogen and oxygen atoms in total. The minimum absolute atomic E-state index is 0.191. The van der Waals surface area contributed by atoms with Crippen molar-refractivity contribution in [1.82, 2.24) is 0 Å². The number of ether oxygens (including phenoxy) is 3. The van der Waals surface area contributed by atoms with E-state index in [9.17, 15) is 9.59 Å². The molecule has 168 valence electrons. The number of allylic oxidation sites excluding steroid dienone is 1.